The Labute approximate surface area is 127 Å². The number of nitrogens with zero attached hydrogens (tertiary/aromatic N) is 1. The second kappa shape index (κ2) is 7.13. The Bertz CT molecular complexity index is 432. The molecular weight excluding hydrogens is 294 g/mol. The number of fused-ring (bicyclic) bond motifs is 1. The molecule has 8 heteroatoms. The van der Waals surface area contributed by atoms with E-state index in [1.165, 1.54) is 4.90 Å². The van der Waals surface area contributed by atoms with Gasteiger partial charge in [-0.3, -0.25) is 14.5 Å². The van der Waals surface area contributed by atoms with Crippen LogP contribution < -0.4 is 11.1 Å². The van der Waals surface area contributed by atoms with E-state index in [0.717, 1.165) is 18.6 Å². The first-order chi connectivity index (χ1) is 10.0. The van der Waals surface area contributed by atoms with Gasteiger partial charge in [-0.2, -0.15) is 11.8 Å². The molecule has 21 heavy (non-hydrogen) atoms. The lowest BCUT2D eigenvalue weighted by atomic mass is 10.0. The van der Waals surface area contributed by atoms with Crippen LogP contribution in [0, 0.1) is 0 Å². The minimum absolute atomic E-state index is 0.0194. The lowest BCUT2D eigenvalue weighted by molar-refractivity contribution is -0.137. The number of hydrogen-bond acceptors (Lipinski definition) is 5. The van der Waals surface area contributed by atoms with Crippen molar-refractivity contribution in [3.63, 3.8) is 0 Å². The van der Waals surface area contributed by atoms with Gasteiger partial charge in [-0.25, -0.2) is 4.79 Å². The molecule has 2 fully saturated rings. The maximum absolute atomic E-state index is 12.0. The van der Waals surface area contributed by atoms with Gasteiger partial charge in [-0.15, -0.1) is 0 Å². The molecule has 0 aromatic heterocycles. The third kappa shape index (κ3) is 3.68. The number of hydrogen-bond donors (Lipinski definition) is 3. The third-order valence-corrected chi connectivity index (χ3v) is 5.38. The van der Waals surface area contributed by atoms with Crippen molar-refractivity contribution in [2.45, 2.75) is 49.4 Å². The fourth-order valence-corrected chi connectivity index (χ4v) is 4.48. The standard InChI is InChI=1S/C13H21N3O4S/c14-6-5-10(17)16-8-7-21-9(12(8)15-13(16)20)3-1-2-4-11(18)19/h8-9,12H,1-7,14H2,(H,15,20)(H,18,19)/t8-,9-,12-/m0/s1. The molecule has 0 spiro atoms. The molecule has 0 saturated carbocycles. The third-order valence-electron chi connectivity index (χ3n) is 3.89. The number of unbranched alkanes of at least 4 members (excludes halogenated alkanes) is 1. The summed E-state index contributed by atoms with van der Waals surface area (Å²) in [7, 11) is 0. The van der Waals surface area contributed by atoms with E-state index in [2.05, 4.69) is 5.32 Å². The van der Waals surface area contributed by atoms with Crippen LogP contribution in [0.2, 0.25) is 0 Å². The predicted molar refractivity (Wildman–Crippen MR) is 79.0 cm³/mol. The number of thioether (sulfide) groups is 1. The van der Waals surface area contributed by atoms with Crippen molar-refractivity contribution in [2.24, 2.45) is 5.73 Å². The summed E-state index contributed by atoms with van der Waals surface area (Å²) in [6.07, 6.45) is 2.69. The minimum atomic E-state index is -0.778. The van der Waals surface area contributed by atoms with Gasteiger partial charge in [0.15, 0.2) is 0 Å². The number of imide groups is 1. The Hall–Kier alpha value is -1.28. The smallest absolute Gasteiger partial charge is 0.324 e. The molecule has 2 rings (SSSR count). The van der Waals surface area contributed by atoms with E-state index in [4.69, 9.17) is 10.8 Å². The van der Waals surface area contributed by atoms with E-state index < -0.39 is 5.97 Å². The predicted octanol–water partition coefficient (Wildman–Crippen LogP) is 0.385. The first-order valence-corrected chi connectivity index (χ1v) is 8.25. The van der Waals surface area contributed by atoms with Gasteiger partial charge in [0.1, 0.15) is 0 Å². The Morgan fingerprint density at radius 3 is 2.81 bits per heavy atom. The topological polar surface area (TPSA) is 113 Å². The Balaban J connectivity index is 1.86. The fraction of sp³-hybridized carbons (Fsp3) is 0.769. The number of aliphatic carboxylic acids is 1. The number of carbonyl (C=O) groups excluding carboxylic acids is 2. The molecule has 2 aliphatic heterocycles. The highest BCUT2D eigenvalue weighted by atomic mass is 32.2. The lowest BCUT2D eigenvalue weighted by Gasteiger charge is -2.19. The van der Waals surface area contributed by atoms with Crippen molar-refractivity contribution in [1.82, 2.24) is 10.2 Å². The molecule has 3 amide bonds. The number of carbonyl (C=O) groups is 3. The minimum Gasteiger partial charge on any atom is -0.481 e. The second-order valence-electron chi connectivity index (χ2n) is 5.36. The summed E-state index contributed by atoms with van der Waals surface area (Å²) in [5, 5.41) is 11.8. The van der Waals surface area contributed by atoms with Crippen LogP contribution in [-0.4, -0.2) is 57.5 Å². The highest BCUT2D eigenvalue weighted by Gasteiger charge is 2.49. The zero-order chi connectivity index (χ0) is 15.4. The molecule has 0 unspecified atom stereocenters. The van der Waals surface area contributed by atoms with Gasteiger partial charge in [-0.1, -0.05) is 6.42 Å². The van der Waals surface area contributed by atoms with Crippen LogP contribution in [0.4, 0.5) is 4.79 Å². The molecule has 0 aromatic rings. The first kappa shape index (κ1) is 16.1. The molecule has 0 aromatic carbocycles. The molecule has 3 atom stereocenters. The van der Waals surface area contributed by atoms with E-state index in [-0.39, 0.29) is 48.7 Å². The van der Waals surface area contributed by atoms with Crippen LogP contribution in [0.5, 0.6) is 0 Å². The van der Waals surface area contributed by atoms with E-state index >= 15 is 0 Å². The largest absolute Gasteiger partial charge is 0.481 e. The quantitative estimate of drug-likeness (QED) is 0.462. The van der Waals surface area contributed by atoms with Crippen molar-refractivity contribution >= 4 is 29.7 Å². The number of amides is 3. The number of carboxylic acid groups (broad SMARTS) is 1. The van der Waals surface area contributed by atoms with Crippen molar-refractivity contribution in [2.75, 3.05) is 12.3 Å². The summed E-state index contributed by atoms with van der Waals surface area (Å²) in [5.41, 5.74) is 5.38. The van der Waals surface area contributed by atoms with Crippen molar-refractivity contribution in [1.29, 1.82) is 0 Å². The summed E-state index contributed by atoms with van der Waals surface area (Å²) in [4.78, 5) is 35.7. The summed E-state index contributed by atoms with van der Waals surface area (Å²) >= 11 is 1.75. The molecule has 0 aliphatic carbocycles. The zero-order valence-corrected chi connectivity index (χ0v) is 12.6. The molecular formula is C13H21N3O4S. The normalized spacial score (nSPS) is 27.6. The van der Waals surface area contributed by atoms with Gasteiger partial charge in [0.2, 0.25) is 5.91 Å². The Morgan fingerprint density at radius 2 is 2.14 bits per heavy atom. The van der Waals surface area contributed by atoms with E-state index in [9.17, 15) is 14.4 Å². The van der Waals surface area contributed by atoms with Crippen LogP contribution in [0.3, 0.4) is 0 Å². The number of nitrogens with one attached hydrogen (secondary N) is 1. The molecule has 7 nitrogen and oxygen atoms in total. The van der Waals surface area contributed by atoms with E-state index in [1.54, 1.807) is 11.8 Å². The highest BCUT2D eigenvalue weighted by Crippen LogP contribution is 2.37. The van der Waals surface area contributed by atoms with Crippen LogP contribution >= 0.6 is 11.8 Å². The number of urea groups is 1. The number of carboxylic acids is 1. The summed E-state index contributed by atoms with van der Waals surface area (Å²) < 4.78 is 0. The lowest BCUT2D eigenvalue weighted by Crippen LogP contribution is -2.42. The first-order valence-electron chi connectivity index (χ1n) is 7.20. The van der Waals surface area contributed by atoms with Gasteiger partial charge >= 0.3 is 12.0 Å². The van der Waals surface area contributed by atoms with Crippen LogP contribution in [0.1, 0.15) is 32.1 Å². The van der Waals surface area contributed by atoms with Crippen LogP contribution in [0.15, 0.2) is 0 Å². The summed E-state index contributed by atoms with van der Waals surface area (Å²) in [6, 6.07) is -0.431. The molecule has 2 saturated heterocycles. The van der Waals surface area contributed by atoms with Gasteiger partial charge in [0, 0.05) is 30.4 Å². The fourth-order valence-electron chi connectivity index (χ4n) is 2.89. The summed E-state index contributed by atoms with van der Waals surface area (Å²) in [6.45, 7) is 0.242. The monoisotopic (exact) mass is 315 g/mol. The van der Waals surface area contributed by atoms with Gasteiger partial charge in [-0.05, 0) is 12.8 Å². The molecule has 4 N–H and O–H groups in total. The summed E-state index contributed by atoms with van der Waals surface area (Å²) in [5.74, 6) is -0.252. The van der Waals surface area contributed by atoms with Gasteiger partial charge in [0.05, 0.1) is 12.1 Å². The molecule has 0 radical (unpaired) electrons. The SMILES string of the molecule is NCCC(=O)N1C(=O)N[C@@H]2[C@H](CCCCC(=O)O)SC[C@@H]21. The molecule has 2 aliphatic rings. The van der Waals surface area contributed by atoms with Crippen molar-refractivity contribution < 1.29 is 19.5 Å². The average molecular weight is 315 g/mol. The van der Waals surface area contributed by atoms with Crippen LogP contribution in [-0.2, 0) is 9.59 Å². The Kier molecular flexibility index (Phi) is 5.46. The average Bonchev–Trinajstić information content (AvgIpc) is 2.93. The highest BCUT2D eigenvalue weighted by molar-refractivity contribution is 8.00. The Morgan fingerprint density at radius 1 is 1.38 bits per heavy atom. The van der Waals surface area contributed by atoms with Gasteiger partial charge in [0.25, 0.3) is 0 Å². The molecule has 2 heterocycles. The maximum atomic E-state index is 12.0. The van der Waals surface area contributed by atoms with Crippen molar-refractivity contribution in [3.05, 3.63) is 0 Å². The van der Waals surface area contributed by atoms with Crippen LogP contribution in [0.25, 0.3) is 0 Å². The maximum Gasteiger partial charge on any atom is 0.324 e. The van der Waals surface area contributed by atoms with Gasteiger partial charge < -0.3 is 16.2 Å². The molecule has 0 bridgehead atoms. The number of rotatable bonds is 7. The van der Waals surface area contributed by atoms with Crippen molar-refractivity contribution in [3.8, 4) is 0 Å². The zero-order valence-electron chi connectivity index (χ0n) is 11.8. The molecule has 118 valence electrons. The second-order valence-corrected chi connectivity index (χ2v) is 6.63. The van der Waals surface area contributed by atoms with E-state index in [1.807, 2.05) is 0 Å². The van der Waals surface area contributed by atoms with E-state index in [0.29, 0.717) is 6.42 Å². The number of nitrogens with two attached hydrogens (primary N) is 1.